The lowest BCUT2D eigenvalue weighted by Gasteiger charge is -2.41. The molecular weight excluding hydrogens is 490 g/mol. The number of aliphatic hydroxyl groups is 1. The maximum Gasteiger partial charge on any atom is 0.312 e. The minimum atomic E-state index is -1.14. The number of carbonyl (C=O) groups excluding carboxylic acids is 3. The van der Waals surface area contributed by atoms with Gasteiger partial charge in [-0.25, -0.2) is 0 Å². The number of carbonyl (C=O) groups is 3. The van der Waals surface area contributed by atoms with Crippen LogP contribution in [0.1, 0.15) is 47.0 Å². The van der Waals surface area contributed by atoms with Crippen LogP contribution in [0, 0.1) is 17.8 Å². The van der Waals surface area contributed by atoms with Crippen molar-refractivity contribution in [3.63, 3.8) is 0 Å². The lowest BCUT2D eigenvalue weighted by molar-refractivity contribution is -0.164. The maximum atomic E-state index is 14.5. The molecule has 6 atom stereocenters. The van der Waals surface area contributed by atoms with Gasteiger partial charge in [-0.05, 0) is 32.1 Å². The summed E-state index contributed by atoms with van der Waals surface area (Å²) in [4.78, 5) is 47.6. The fourth-order valence-corrected chi connectivity index (χ4v) is 7.21. The molecule has 2 unspecified atom stereocenters. The Morgan fingerprint density at radius 3 is 2.55 bits per heavy atom. The maximum absolute atomic E-state index is 14.5. The van der Waals surface area contributed by atoms with Crippen LogP contribution >= 0.6 is 0 Å². The van der Waals surface area contributed by atoms with Crippen LogP contribution in [-0.2, 0) is 28.6 Å². The van der Waals surface area contributed by atoms with Crippen LogP contribution in [0.5, 0.6) is 0 Å². The van der Waals surface area contributed by atoms with Crippen molar-refractivity contribution < 1.29 is 33.7 Å². The van der Waals surface area contributed by atoms with E-state index in [1.54, 1.807) is 22.8 Å². The first-order chi connectivity index (χ1) is 18.2. The molecule has 214 valence electrons. The molecule has 10 nitrogen and oxygen atoms in total. The largest absolute Gasteiger partial charge is 0.466 e. The van der Waals surface area contributed by atoms with Gasteiger partial charge in [-0.3, -0.25) is 19.3 Å². The number of nitrogens with zero attached hydrogens (tertiary/aromatic N) is 3. The second kappa shape index (κ2) is 11.6. The zero-order valence-electron chi connectivity index (χ0n) is 23.4. The molecule has 4 saturated heterocycles. The number of hydrogen-bond donors (Lipinski definition) is 1. The van der Waals surface area contributed by atoms with Crippen LogP contribution in [0.4, 0.5) is 0 Å². The first-order valence-electron chi connectivity index (χ1n) is 14.2. The Hall–Kier alpha value is -2.01. The molecule has 0 radical (unpaired) electrons. The van der Waals surface area contributed by atoms with E-state index in [1.165, 1.54) is 0 Å². The van der Waals surface area contributed by atoms with Gasteiger partial charge in [0, 0.05) is 32.7 Å². The Morgan fingerprint density at radius 2 is 1.97 bits per heavy atom. The van der Waals surface area contributed by atoms with Crippen molar-refractivity contribution in [3.05, 3.63) is 12.7 Å². The van der Waals surface area contributed by atoms with Crippen molar-refractivity contribution in [1.29, 1.82) is 0 Å². The second-order valence-electron chi connectivity index (χ2n) is 11.4. The average Bonchev–Trinajstić information content (AvgIpc) is 3.51. The third kappa shape index (κ3) is 4.67. The summed E-state index contributed by atoms with van der Waals surface area (Å²) in [6.07, 6.45) is 3.32. The third-order valence-corrected chi connectivity index (χ3v) is 9.16. The van der Waals surface area contributed by atoms with Crippen LogP contribution < -0.4 is 0 Å². The molecule has 4 heterocycles. The third-order valence-electron chi connectivity index (χ3n) is 9.16. The Labute approximate surface area is 226 Å². The van der Waals surface area contributed by atoms with Crippen molar-refractivity contribution in [3.8, 4) is 0 Å². The molecule has 10 heteroatoms. The number of hydrogen-bond acceptors (Lipinski definition) is 8. The summed E-state index contributed by atoms with van der Waals surface area (Å²) in [5.41, 5.74) is -1.97. The molecule has 38 heavy (non-hydrogen) atoms. The van der Waals surface area contributed by atoms with Gasteiger partial charge in [0.05, 0.1) is 44.0 Å². The Morgan fingerprint density at radius 1 is 1.26 bits per heavy atom. The number of ether oxygens (including phenoxy) is 3. The standard InChI is InChI=1S/C28H45N3O7/c1-6-11-30(13-12-29-14-16-36-17-15-29)25(34)23-28-10-9-27(7-2,38-28)22(26(35)37-8-3)21(28)24(33)31(23)20(18-32)19(4)5/h6,19-23,32H,1,7-18H2,2-5H3/t20-,21-,22-,23?,27+,28?/m0/s1. The highest BCUT2D eigenvalue weighted by Gasteiger charge is 2.79. The first-order valence-corrected chi connectivity index (χ1v) is 14.2. The predicted molar refractivity (Wildman–Crippen MR) is 140 cm³/mol. The van der Waals surface area contributed by atoms with Crippen molar-refractivity contribution in [2.24, 2.45) is 17.8 Å². The van der Waals surface area contributed by atoms with Crippen molar-refractivity contribution >= 4 is 17.8 Å². The molecule has 2 bridgehead atoms. The van der Waals surface area contributed by atoms with Gasteiger partial charge in [-0.1, -0.05) is 26.8 Å². The highest BCUT2D eigenvalue weighted by atomic mass is 16.6. The molecule has 0 aromatic heterocycles. The van der Waals surface area contributed by atoms with E-state index in [1.807, 2.05) is 20.8 Å². The van der Waals surface area contributed by atoms with Gasteiger partial charge in [0.15, 0.2) is 0 Å². The van der Waals surface area contributed by atoms with Crippen LogP contribution in [0.25, 0.3) is 0 Å². The molecule has 2 amide bonds. The van der Waals surface area contributed by atoms with Gasteiger partial charge in [0.25, 0.3) is 0 Å². The SMILES string of the molecule is C=CCN(CCN1CCOCC1)C(=O)C1N([C@@H](CO)C(C)C)C(=O)[C@@H]2[C@@H](C(=O)OCC)[C@@]3(CC)CCC12O3. The van der Waals surface area contributed by atoms with E-state index in [0.29, 0.717) is 52.1 Å². The lowest BCUT2D eigenvalue weighted by atomic mass is 9.65. The van der Waals surface area contributed by atoms with E-state index in [2.05, 4.69) is 11.5 Å². The fraction of sp³-hybridized carbons (Fsp3) is 0.821. The lowest BCUT2D eigenvalue weighted by Crippen LogP contribution is -2.60. The van der Waals surface area contributed by atoms with Crippen LogP contribution in [-0.4, -0.2) is 120 Å². The summed E-state index contributed by atoms with van der Waals surface area (Å²) in [6.45, 7) is 15.8. The van der Waals surface area contributed by atoms with Gasteiger partial charge in [0.2, 0.25) is 11.8 Å². The van der Waals surface area contributed by atoms with Gasteiger partial charge in [-0.15, -0.1) is 6.58 Å². The van der Waals surface area contributed by atoms with Gasteiger partial charge in [0.1, 0.15) is 17.6 Å². The number of fused-ring (bicyclic) bond motifs is 1. The molecule has 4 rings (SSSR count). The van der Waals surface area contributed by atoms with Crippen LogP contribution in [0.15, 0.2) is 12.7 Å². The molecule has 0 aromatic carbocycles. The quantitative estimate of drug-likeness (QED) is 0.292. The highest BCUT2D eigenvalue weighted by Crippen LogP contribution is 2.65. The summed E-state index contributed by atoms with van der Waals surface area (Å²) in [7, 11) is 0. The molecule has 1 spiro atoms. The summed E-state index contributed by atoms with van der Waals surface area (Å²) < 4.78 is 17.7. The van der Waals surface area contributed by atoms with E-state index in [4.69, 9.17) is 14.2 Å². The van der Waals surface area contributed by atoms with Crippen molar-refractivity contribution in [2.75, 3.05) is 59.2 Å². The summed E-state index contributed by atoms with van der Waals surface area (Å²) in [6, 6.07) is -1.51. The summed E-state index contributed by atoms with van der Waals surface area (Å²) >= 11 is 0. The fourth-order valence-electron chi connectivity index (χ4n) is 7.21. The molecule has 1 N–H and O–H groups in total. The topological polar surface area (TPSA) is 109 Å². The number of likely N-dealkylation sites (tertiary alicyclic amines) is 1. The minimum Gasteiger partial charge on any atom is -0.466 e. The molecule has 4 fully saturated rings. The van der Waals surface area contributed by atoms with Gasteiger partial charge < -0.3 is 29.1 Å². The smallest absolute Gasteiger partial charge is 0.312 e. The average molecular weight is 536 g/mol. The minimum absolute atomic E-state index is 0.103. The van der Waals surface area contributed by atoms with E-state index in [-0.39, 0.29) is 30.9 Å². The zero-order valence-corrected chi connectivity index (χ0v) is 23.4. The number of aliphatic hydroxyl groups excluding tert-OH is 1. The number of rotatable bonds is 12. The van der Waals surface area contributed by atoms with Crippen LogP contribution in [0.3, 0.4) is 0 Å². The van der Waals surface area contributed by atoms with Gasteiger partial charge in [-0.2, -0.15) is 0 Å². The number of morpholine rings is 1. The Bertz CT molecular complexity index is 907. The highest BCUT2D eigenvalue weighted by molar-refractivity contribution is 5.98. The zero-order chi connectivity index (χ0) is 27.7. The first kappa shape index (κ1) is 29.0. The molecule has 4 aliphatic rings. The predicted octanol–water partition coefficient (Wildman–Crippen LogP) is 1.07. The van der Waals surface area contributed by atoms with Crippen molar-refractivity contribution in [2.45, 2.75) is 70.2 Å². The monoisotopic (exact) mass is 535 g/mol. The van der Waals surface area contributed by atoms with E-state index in [9.17, 15) is 19.5 Å². The Balaban J connectivity index is 1.73. The molecule has 0 aliphatic carbocycles. The molecule has 0 saturated carbocycles. The second-order valence-corrected chi connectivity index (χ2v) is 11.4. The number of amides is 2. The summed E-state index contributed by atoms with van der Waals surface area (Å²) in [5.74, 6) is -2.65. The molecule has 4 aliphatic heterocycles. The van der Waals surface area contributed by atoms with Crippen LogP contribution in [0.2, 0.25) is 0 Å². The normalized spacial score (nSPS) is 33.5. The molecule has 0 aromatic rings. The van der Waals surface area contributed by atoms with Gasteiger partial charge >= 0.3 is 5.97 Å². The molecular formula is C28H45N3O7. The van der Waals surface area contributed by atoms with E-state index >= 15 is 0 Å². The van der Waals surface area contributed by atoms with E-state index < -0.39 is 41.1 Å². The number of esters is 1. The van der Waals surface area contributed by atoms with Crippen molar-refractivity contribution in [1.82, 2.24) is 14.7 Å². The Kier molecular flexibility index (Phi) is 8.86. The summed E-state index contributed by atoms with van der Waals surface area (Å²) in [5, 5.41) is 10.4. The van der Waals surface area contributed by atoms with E-state index in [0.717, 1.165) is 13.1 Å².